The molecule has 0 saturated carbocycles. The Kier molecular flexibility index (Phi) is 7.35. The van der Waals surface area contributed by atoms with Gasteiger partial charge >= 0.3 is 16.2 Å². The first-order valence-corrected chi connectivity index (χ1v) is 11.7. The Morgan fingerprint density at radius 3 is 1.90 bits per heavy atom. The molecule has 1 aliphatic rings. The highest BCUT2D eigenvalue weighted by atomic mass is 32.2. The third kappa shape index (κ3) is 5.49. The third-order valence-electron chi connectivity index (χ3n) is 5.35. The highest BCUT2D eigenvalue weighted by Gasteiger charge is 2.37. The minimum atomic E-state index is -3.95. The predicted octanol–water partition coefficient (Wildman–Crippen LogP) is 3.63. The van der Waals surface area contributed by atoms with Gasteiger partial charge in [0.1, 0.15) is 0 Å². The maximum absolute atomic E-state index is 12.9. The van der Waals surface area contributed by atoms with Crippen LogP contribution in [0, 0.1) is 6.92 Å². The standard InChI is InChI=1S/C21H36N4O3S/c1-13(2)18-9-15(5)10-19(14(3)4)20(18)22-21(26)23-29(27,28)25-16(6)11-24(8)12-17(25)7/h9-10,13-14,16-17H,11-12H2,1-8H3,(H2,22,23,26). The van der Waals surface area contributed by atoms with E-state index in [1.54, 1.807) is 0 Å². The van der Waals surface area contributed by atoms with Crippen LogP contribution in [0.4, 0.5) is 10.5 Å². The third-order valence-corrected chi connectivity index (χ3v) is 7.06. The number of amides is 2. The van der Waals surface area contributed by atoms with Crippen LogP contribution in [-0.4, -0.2) is 55.9 Å². The average molecular weight is 425 g/mol. The van der Waals surface area contributed by atoms with Crippen LogP contribution in [0.15, 0.2) is 12.1 Å². The van der Waals surface area contributed by atoms with Gasteiger partial charge < -0.3 is 10.2 Å². The Morgan fingerprint density at radius 2 is 1.48 bits per heavy atom. The SMILES string of the molecule is Cc1cc(C(C)C)c(NC(=O)NS(=O)(=O)N2C(C)CN(C)CC2C)c(C(C)C)c1. The van der Waals surface area contributed by atoms with E-state index in [9.17, 15) is 13.2 Å². The van der Waals surface area contributed by atoms with E-state index in [2.05, 4.69) is 42.6 Å². The molecule has 2 atom stereocenters. The summed E-state index contributed by atoms with van der Waals surface area (Å²) in [5.74, 6) is 0.383. The molecule has 1 aromatic carbocycles. The van der Waals surface area contributed by atoms with Crippen LogP contribution in [0.25, 0.3) is 0 Å². The monoisotopic (exact) mass is 424 g/mol. The van der Waals surface area contributed by atoms with E-state index in [-0.39, 0.29) is 23.9 Å². The van der Waals surface area contributed by atoms with Crippen molar-refractivity contribution in [1.82, 2.24) is 13.9 Å². The molecular formula is C21H36N4O3S. The Labute approximate surface area is 176 Å². The Morgan fingerprint density at radius 1 is 1.03 bits per heavy atom. The van der Waals surface area contributed by atoms with E-state index in [1.807, 2.05) is 40.0 Å². The molecule has 0 aliphatic carbocycles. The van der Waals surface area contributed by atoms with Crippen LogP contribution >= 0.6 is 0 Å². The Hall–Kier alpha value is -1.64. The fraction of sp³-hybridized carbons (Fsp3) is 0.667. The number of hydrogen-bond donors (Lipinski definition) is 2. The smallest absolute Gasteiger partial charge is 0.307 e. The second kappa shape index (κ2) is 9.02. The number of hydrogen-bond acceptors (Lipinski definition) is 4. The van der Waals surface area contributed by atoms with Crippen molar-refractivity contribution in [2.75, 3.05) is 25.5 Å². The van der Waals surface area contributed by atoms with Gasteiger partial charge in [0.2, 0.25) is 0 Å². The maximum Gasteiger partial charge on any atom is 0.333 e. The molecule has 29 heavy (non-hydrogen) atoms. The second-order valence-corrected chi connectivity index (χ2v) is 10.5. The molecular weight excluding hydrogens is 388 g/mol. The van der Waals surface area contributed by atoms with Gasteiger partial charge in [0.25, 0.3) is 0 Å². The van der Waals surface area contributed by atoms with Gasteiger partial charge in [-0.1, -0.05) is 45.4 Å². The van der Waals surface area contributed by atoms with Gasteiger partial charge in [-0.15, -0.1) is 0 Å². The molecule has 2 unspecified atom stereocenters. The number of nitrogens with zero attached hydrogens (tertiary/aromatic N) is 2. The van der Waals surface area contributed by atoms with E-state index in [0.29, 0.717) is 18.8 Å². The molecule has 1 saturated heterocycles. The summed E-state index contributed by atoms with van der Waals surface area (Å²) in [6.07, 6.45) is 0. The van der Waals surface area contributed by atoms with Gasteiger partial charge in [0, 0.05) is 30.9 Å². The lowest BCUT2D eigenvalue weighted by atomic mass is 9.90. The number of nitrogens with one attached hydrogen (secondary N) is 2. The van der Waals surface area contributed by atoms with E-state index >= 15 is 0 Å². The lowest BCUT2D eigenvalue weighted by Gasteiger charge is -2.41. The minimum Gasteiger partial charge on any atom is -0.307 e. The molecule has 2 N–H and O–H groups in total. The fourth-order valence-electron chi connectivity index (χ4n) is 4.25. The highest BCUT2D eigenvalue weighted by molar-refractivity contribution is 7.87. The van der Waals surface area contributed by atoms with Gasteiger partial charge in [-0.25, -0.2) is 9.52 Å². The number of likely N-dealkylation sites (N-methyl/N-ethyl adjacent to an activating group) is 1. The average Bonchev–Trinajstić information content (AvgIpc) is 2.53. The number of carbonyl (C=O) groups is 1. The van der Waals surface area contributed by atoms with Crippen molar-refractivity contribution < 1.29 is 13.2 Å². The van der Waals surface area contributed by atoms with Crippen LogP contribution in [-0.2, 0) is 10.2 Å². The summed E-state index contributed by atoms with van der Waals surface area (Å²) in [6.45, 7) is 15.2. The summed E-state index contributed by atoms with van der Waals surface area (Å²) >= 11 is 0. The van der Waals surface area contributed by atoms with Crippen molar-refractivity contribution in [3.05, 3.63) is 28.8 Å². The van der Waals surface area contributed by atoms with Gasteiger partial charge in [-0.3, -0.25) is 0 Å². The first kappa shape index (κ1) is 23.6. The zero-order valence-electron chi connectivity index (χ0n) is 18.9. The summed E-state index contributed by atoms with van der Waals surface area (Å²) in [7, 11) is -1.99. The summed E-state index contributed by atoms with van der Waals surface area (Å²) in [5.41, 5.74) is 3.83. The van der Waals surface area contributed by atoms with Crippen LogP contribution < -0.4 is 10.0 Å². The highest BCUT2D eigenvalue weighted by Crippen LogP contribution is 2.34. The van der Waals surface area contributed by atoms with Crippen molar-refractivity contribution >= 4 is 21.9 Å². The van der Waals surface area contributed by atoms with Gasteiger partial charge in [0.15, 0.2) is 0 Å². The fourth-order valence-corrected chi connectivity index (χ4v) is 5.72. The predicted molar refractivity (Wildman–Crippen MR) is 119 cm³/mol. The molecule has 7 nitrogen and oxygen atoms in total. The number of benzene rings is 1. The zero-order valence-corrected chi connectivity index (χ0v) is 19.7. The zero-order chi connectivity index (χ0) is 22.1. The lowest BCUT2D eigenvalue weighted by molar-refractivity contribution is 0.122. The summed E-state index contributed by atoms with van der Waals surface area (Å²) in [5, 5.41) is 2.84. The Bertz CT molecular complexity index is 810. The number of carbonyl (C=O) groups excluding carboxylic acids is 1. The molecule has 8 heteroatoms. The van der Waals surface area contributed by atoms with E-state index in [1.165, 1.54) is 4.31 Å². The molecule has 0 bridgehead atoms. The van der Waals surface area contributed by atoms with Crippen LogP contribution in [0.3, 0.4) is 0 Å². The van der Waals surface area contributed by atoms with E-state index < -0.39 is 16.2 Å². The van der Waals surface area contributed by atoms with Crippen LogP contribution in [0.5, 0.6) is 0 Å². The second-order valence-electron chi connectivity index (χ2n) is 8.94. The number of urea groups is 1. The van der Waals surface area contributed by atoms with Crippen molar-refractivity contribution in [3.63, 3.8) is 0 Å². The van der Waals surface area contributed by atoms with Crippen molar-refractivity contribution in [3.8, 4) is 0 Å². The van der Waals surface area contributed by atoms with E-state index in [4.69, 9.17) is 0 Å². The molecule has 1 aliphatic heterocycles. The van der Waals surface area contributed by atoms with Crippen molar-refractivity contribution in [2.24, 2.45) is 0 Å². The maximum atomic E-state index is 12.9. The molecule has 1 fully saturated rings. The van der Waals surface area contributed by atoms with Gasteiger partial charge in [-0.2, -0.15) is 12.7 Å². The van der Waals surface area contributed by atoms with Crippen LogP contribution in [0.1, 0.15) is 70.1 Å². The quantitative estimate of drug-likeness (QED) is 0.756. The molecule has 0 radical (unpaired) electrons. The Balaban J connectivity index is 2.29. The molecule has 0 spiro atoms. The molecule has 0 aromatic heterocycles. The lowest BCUT2D eigenvalue weighted by Crippen LogP contribution is -2.60. The van der Waals surface area contributed by atoms with Crippen molar-refractivity contribution in [2.45, 2.75) is 72.4 Å². The largest absolute Gasteiger partial charge is 0.333 e. The first-order chi connectivity index (χ1) is 13.3. The number of anilines is 1. The first-order valence-electron chi connectivity index (χ1n) is 10.3. The van der Waals surface area contributed by atoms with Crippen LogP contribution in [0.2, 0.25) is 0 Å². The summed E-state index contributed by atoms with van der Waals surface area (Å²) < 4.78 is 29.5. The topological polar surface area (TPSA) is 81.8 Å². The number of piperazine rings is 1. The molecule has 164 valence electrons. The molecule has 2 rings (SSSR count). The normalized spacial score (nSPS) is 21.6. The van der Waals surface area contributed by atoms with Gasteiger partial charge in [-0.05, 0) is 50.8 Å². The number of aryl methyl sites for hydroxylation is 1. The van der Waals surface area contributed by atoms with Crippen molar-refractivity contribution in [1.29, 1.82) is 0 Å². The molecule has 1 aromatic rings. The number of rotatable bonds is 5. The van der Waals surface area contributed by atoms with E-state index in [0.717, 1.165) is 16.7 Å². The summed E-state index contributed by atoms with van der Waals surface area (Å²) in [4.78, 5) is 14.8. The van der Waals surface area contributed by atoms with Gasteiger partial charge in [0.05, 0.1) is 0 Å². The minimum absolute atomic E-state index is 0.192. The summed E-state index contributed by atoms with van der Waals surface area (Å²) in [6, 6.07) is 2.93. The molecule has 2 amide bonds. The molecule has 1 heterocycles.